The van der Waals surface area contributed by atoms with Crippen molar-refractivity contribution in [3.05, 3.63) is 85.1 Å². The maximum atomic E-state index is 12.8. The zero-order valence-electron chi connectivity index (χ0n) is 43.2. The van der Waals surface area contributed by atoms with Crippen LogP contribution in [0.15, 0.2) is 85.1 Å². The molecule has 0 saturated heterocycles. The molecule has 0 unspecified atom stereocenters. The van der Waals surface area contributed by atoms with Gasteiger partial charge in [-0.1, -0.05) is 209 Å². The summed E-state index contributed by atoms with van der Waals surface area (Å²) >= 11 is 0. The highest BCUT2D eigenvalue weighted by Gasteiger charge is 2.19. The smallest absolute Gasteiger partial charge is 0.306 e. The number of unbranched alkanes of at least 4 members (excludes halogenated alkanes) is 24. The zero-order valence-corrected chi connectivity index (χ0v) is 43.2. The topological polar surface area (TPSA) is 78.9 Å². The lowest BCUT2D eigenvalue weighted by Crippen LogP contribution is -2.30. The summed E-state index contributed by atoms with van der Waals surface area (Å²) in [7, 11) is 0. The third kappa shape index (κ3) is 51.6. The summed E-state index contributed by atoms with van der Waals surface area (Å²) in [6, 6.07) is 0. The Morgan fingerprint density at radius 3 is 0.924 bits per heavy atom. The van der Waals surface area contributed by atoms with E-state index in [1.165, 1.54) is 116 Å². The highest BCUT2D eigenvalue weighted by atomic mass is 16.6. The van der Waals surface area contributed by atoms with E-state index in [0.29, 0.717) is 19.3 Å². The van der Waals surface area contributed by atoms with Gasteiger partial charge in [0.2, 0.25) is 0 Å². The van der Waals surface area contributed by atoms with Gasteiger partial charge in [-0.15, -0.1) is 0 Å². The normalized spacial score (nSPS) is 12.7. The van der Waals surface area contributed by atoms with Gasteiger partial charge in [0.15, 0.2) is 6.10 Å². The Balaban J connectivity index is 4.44. The summed E-state index contributed by atoms with van der Waals surface area (Å²) in [6.45, 7) is 6.50. The van der Waals surface area contributed by atoms with Crippen LogP contribution in [-0.2, 0) is 28.6 Å². The Morgan fingerprint density at radius 2 is 0.561 bits per heavy atom. The van der Waals surface area contributed by atoms with Crippen molar-refractivity contribution in [1.29, 1.82) is 0 Å². The van der Waals surface area contributed by atoms with Crippen LogP contribution in [0.25, 0.3) is 0 Å². The Bertz CT molecular complexity index is 1290. The number of carbonyl (C=O) groups excluding carboxylic acids is 3. The molecule has 0 fully saturated rings. The van der Waals surface area contributed by atoms with E-state index >= 15 is 0 Å². The molecule has 1 atom stereocenters. The highest BCUT2D eigenvalue weighted by molar-refractivity contribution is 5.71. The molecule has 0 heterocycles. The van der Waals surface area contributed by atoms with Crippen molar-refractivity contribution in [2.75, 3.05) is 13.2 Å². The first-order valence-electron chi connectivity index (χ1n) is 27.6. The van der Waals surface area contributed by atoms with Crippen molar-refractivity contribution in [3.8, 4) is 0 Å². The third-order valence-electron chi connectivity index (χ3n) is 11.6. The van der Waals surface area contributed by atoms with Gasteiger partial charge in [-0.2, -0.15) is 0 Å². The average molecular weight is 919 g/mol. The summed E-state index contributed by atoms with van der Waals surface area (Å²) < 4.78 is 16.8. The highest BCUT2D eigenvalue weighted by Crippen LogP contribution is 2.14. The summed E-state index contributed by atoms with van der Waals surface area (Å²) in [6.07, 6.45) is 69.9. The number of allylic oxidation sites excluding steroid dienone is 14. The average Bonchev–Trinajstić information content (AvgIpc) is 3.31. The van der Waals surface area contributed by atoms with Gasteiger partial charge in [0, 0.05) is 19.3 Å². The van der Waals surface area contributed by atoms with Crippen molar-refractivity contribution in [2.45, 2.75) is 264 Å². The molecule has 0 bridgehead atoms. The fraction of sp³-hybridized carbons (Fsp3) is 0.717. The molecular formula is C60H102O6. The molecule has 0 aromatic heterocycles. The molecule has 0 saturated carbocycles. The molecule has 66 heavy (non-hydrogen) atoms. The molecule has 0 aliphatic carbocycles. The van der Waals surface area contributed by atoms with Crippen molar-refractivity contribution in [2.24, 2.45) is 0 Å². The lowest BCUT2D eigenvalue weighted by molar-refractivity contribution is -0.167. The van der Waals surface area contributed by atoms with Gasteiger partial charge in [0.1, 0.15) is 13.2 Å². The van der Waals surface area contributed by atoms with Gasteiger partial charge >= 0.3 is 17.9 Å². The maximum absolute atomic E-state index is 12.8. The molecule has 0 amide bonds. The second-order valence-corrected chi connectivity index (χ2v) is 18.1. The summed E-state index contributed by atoms with van der Waals surface area (Å²) in [5.74, 6) is -0.954. The SMILES string of the molecule is CCCC/C=C\C/C=C\CCCCCCCC(=O)OC[C@H](COC(=O)CCCCCCCCCCC/C=C\C/C=C\CCCCC)OC(=O)CCCC/C=C\C/C=C\C/C=C\CCCCC. The summed E-state index contributed by atoms with van der Waals surface area (Å²) in [5.41, 5.74) is 0. The largest absolute Gasteiger partial charge is 0.462 e. The van der Waals surface area contributed by atoms with Crippen molar-refractivity contribution in [1.82, 2.24) is 0 Å². The molecule has 6 heteroatoms. The van der Waals surface area contributed by atoms with Crippen LogP contribution in [0.4, 0.5) is 0 Å². The number of esters is 3. The van der Waals surface area contributed by atoms with E-state index in [-0.39, 0.29) is 37.5 Å². The van der Waals surface area contributed by atoms with Crippen LogP contribution in [0.1, 0.15) is 258 Å². The molecule has 0 N–H and O–H groups in total. The summed E-state index contributed by atoms with van der Waals surface area (Å²) in [4.78, 5) is 38.1. The van der Waals surface area contributed by atoms with Gasteiger partial charge in [-0.3, -0.25) is 14.4 Å². The molecule has 0 radical (unpaired) electrons. The van der Waals surface area contributed by atoms with E-state index in [1.807, 2.05) is 0 Å². The van der Waals surface area contributed by atoms with Crippen LogP contribution < -0.4 is 0 Å². The monoisotopic (exact) mass is 919 g/mol. The first-order chi connectivity index (χ1) is 32.5. The molecule has 0 aromatic carbocycles. The van der Waals surface area contributed by atoms with Crippen LogP contribution >= 0.6 is 0 Å². The Labute approximate surface area is 407 Å². The predicted octanol–water partition coefficient (Wildman–Crippen LogP) is 18.4. The molecule has 0 rings (SSSR count). The number of ether oxygens (including phenoxy) is 3. The minimum absolute atomic E-state index is 0.0989. The third-order valence-corrected chi connectivity index (χ3v) is 11.6. The Kier molecular flexibility index (Phi) is 51.4. The summed E-state index contributed by atoms with van der Waals surface area (Å²) in [5, 5.41) is 0. The molecule has 6 nitrogen and oxygen atoms in total. The molecule has 0 aliphatic heterocycles. The van der Waals surface area contributed by atoms with E-state index in [1.54, 1.807) is 0 Å². The second kappa shape index (κ2) is 54.2. The molecule has 0 aliphatic rings. The van der Waals surface area contributed by atoms with Crippen molar-refractivity contribution >= 4 is 17.9 Å². The quantitative estimate of drug-likeness (QED) is 0.0262. The molecule has 0 spiro atoms. The molecule has 378 valence electrons. The molecular weight excluding hydrogens is 817 g/mol. The van der Waals surface area contributed by atoms with E-state index in [2.05, 4.69) is 106 Å². The van der Waals surface area contributed by atoms with Gasteiger partial charge < -0.3 is 14.2 Å². The number of carbonyl (C=O) groups is 3. The fourth-order valence-corrected chi connectivity index (χ4v) is 7.38. The van der Waals surface area contributed by atoms with Crippen LogP contribution in [-0.4, -0.2) is 37.2 Å². The Morgan fingerprint density at radius 1 is 0.303 bits per heavy atom. The lowest BCUT2D eigenvalue weighted by Gasteiger charge is -2.18. The predicted molar refractivity (Wildman–Crippen MR) is 284 cm³/mol. The van der Waals surface area contributed by atoms with E-state index < -0.39 is 6.10 Å². The van der Waals surface area contributed by atoms with Gasteiger partial charge in [-0.25, -0.2) is 0 Å². The maximum Gasteiger partial charge on any atom is 0.306 e. The zero-order chi connectivity index (χ0) is 47.9. The number of hydrogen-bond donors (Lipinski definition) is 0. The van der Waals surface area contributed by atoms with Gasteiger partial charge in [0.25, 0.3) is 0 Å². The standard InChI is InChI=1S/C60H102O6/c1-4-7-10-13-16-19-22-25-28-29-30-31-33-35-38-41-44-47-50-53-59(62)65-56-57(55-64-58(61)52-49-46-43-40-37-34-27-24-21-18-15-12-9-6-3)66-60(63)54-51-48-45-42-39-36-32-26-23-20-17-14-11-8-5-2/h15-20,24-28,32,39,42,57H,4-14,21-23,29-31,33-38,40-41,43-56H2,1-3H3/b18-15-,19-16-,20-17-,27-24-,28-25-,32-26-,42-39-/t57-/m1/s1. The minimum Gasteiger partial charge on any atom is -0.462 e. The van der Waals surface area contributed by atoms with Crippen LogP contribution in [0, 0.1) is 0 Å². The second-order valence-electron chi connectivity index (χ2n) is 18.1. The van der Waals surface area contributed by atoms with E-state index in [0.717, 1.165) is 96.3 Å². The lowest BCUT2D eigenvalue weighted by atomic mass is 10.1. The van der Waals surface area contributed by atoms with Gasteiger partial charge in [0.05, 0.1) is 0 Å². The van der Waals surface area contributed by atoms with Crippen molar-refractivity contribution in [3.63, 3.8) is 0 Å². The number of hydrogen-bond acceptors (Lipinski definition) is 6. The Hall–Kier alpha value is -3.41. The van der Waals surface area contributed by atoms with Gasteiger partial charge in [-0.05, 0) is 116 Å². The van der Waals surface area contributed by atoms with Crippen molar-refractivity contribution < 1.29 is 28.6 Å². The van der Waals surface area contributed by atoms with Crippen LogP contribution in [0.5, 0.6) is 0 Å². The fourth-order valence-electron chi connectivity index (χ4n) is 7.38. The van der Waals surface area contributed by atoms with Crippen LogP contribution in [0.3, 0.4) is 0 Å². The van der Waals surface area contributed by atoms with Crippen LogP contribution in [0.2, 0.25) is 0 Å². The van der Waals surface area contributed by atoms with E-state index in [4.69, 9.17) is 14.2 Å². The van der Waals surface area contributed by atoms with E-state index in [9.17, 15) is 14.4 Å². The first kappa shape index (κ1) is 62.6. The minimum atomic E-state index is -0.804. The molecule has 0 aromatic rings. The first-order valence-corrected chi connectivity index (χ1v) is 27.6. The number of rotatable bonds is 49.